The van der Waals surface area contributed by atoms with Crippen LogP contribution in [0.4, 0.5) is 5.69 Å². The number of anilines is 1. The highest BCUT2D eigenvalue weighted by molar-refractivity contribution is 8.02. The Labute approximate surface area is 241 Å². The van der Waals surface area contributed by atoms with Crippen LogP contribution >= 0.6 is 23.4 Å². The Morgan fingerprint density at radius 3 is 2.41 bits per heavy atom. The maximum Gasteiger partial charge on any atom is 0.251 e. The number of benzene rings is 1. The van der Waals surface area contributed by atoms with Crippen molar-refractivity contribution in [3.05, 3.63) is 54.6 Å². The number of aliphatic hydroxyl groups excluding tert-OH is 1. The van der Waals surface area contributed by atoms with Crippen molar-refractivity contribution in [1.82, 2.24) is 9.80 Å². The molecule has 0 aromatic heterocycles. The minimum Gasteiger partial charge on any atom is -0.394 e. The van der Waals surface area contributed by atoms with Crippen LogP contribution < -0.4 is 4.90 Å². The van der Waals surface area contributed by atoms with Gasteiger partial charge in [-0.15, -0.1) is 24.9 Å². The number of carbonyl (C=O) groups excluding carboxylic acids is 3. The van der Waals surface area contributed by atoms with E-state index in [1.54, 1.807) is 69.9 Å². The fourth-order valence-corrected chi connectivity index (χ4v) is 9.51. The number of hydrogen-bond donors (Lipinski definition) is 1. The molecule has 9 heteroatoms. The second-order valence-electron chi connectivity index (χ2n) is 11.5. The molecule has 1 spiro atoms. The molecule has 0 aliphatic carbocycles. The maximum absolute atomic E-state index is 14.7. The molecule has 3 heterocycles. The molecule has 3 saturated heterocycles. The van der Waals surface area contributed by atoms with Crippen molar-refractivity contribution < 1.29 is 19.5 Å². The van der Waals surface area contributed by atoms with Crippen molar-refractivity contribution >= 4 is 46.8 Å². The van der Waals surface area contributed by atoms with Crippen LogP contribution in [0.25, 0.3) is 0 Å². The van der Waals surface area contributed by atoms with Gasteiger partial charge in [-0.25, -0.2) is 0 Å². The van der Waals surface area contributed by atoms with Crippen LogP contribution in [0.15, 0.2) is 49.6 Å². The van der Waals surface area contributed by atoms with Gasteiger partial charge in [0.1, 0.15) is 6.04 Å². The molecule has 212 valence electrons. The van der Waals surface area contributed by atoms with Crippen molar-refractivity contribution in [1.29, 1.82) is 0 Å². The first-order valence-electron chi connectivity index (χ1n) is 13.7. The van der Waals surface area contributed by atoms with Gasteiger partial charge in [-0.05, 0) is 48.9 Å². The summed E-state index contributed by atoms with van der Waals surface area (Å²) in [4.78, 5) is 47.8. The number of fused-ring (bicyclic) bond motifs is 1. The fourth-order valence-electron chi connectivity index (χ4n) is 6.99. The number of amides is 3. The third-order valence-electron chi connectivity index (χ3n) is 8.55. The van der Waals surface area contributed by atoms with Crippen molar-refractivity contribution in [3.8, 4) is 0 Å². The number of thioether (sulfide) groups is 1. The SMILES string of the molecule is C=CCN(C)C(=O)[C@@H]1[C@@H]2CC(C)C3(S2)C(C(=O)N(CC=C)c2ccc(Cl)cc2)N([C@@H](CO)CC(C)C)C(=O)[C@H]13. The normalized spacial score (nSPS) is 29.9. The molecule has 0 saturated carbocycles. The lowest BCUT2D eigenvalue weighted by Gasteiger charge is -2.42. The molecule has 1 aromatic rings. The molecule has 3 aliphatic rings. The van der Waals surface area contributed by atoms with Gasteiger partial charge in [0, 0.05) is 36.1 Å². The first-order valence-corrected chi connectivity index (χ1v) is 14.9. The number of likely N-dealkylation sites (N-methyl/N-ethyl adjacent to an activating group) is 1. The Morgan fingerprint density at radius 2 is 1.85 bits per heavy atom. The van der Waals surface area contributed by atoms with Gasteiger partial charge < -0.3 is 19.8 Å². The number of carbonyl (C=O) groups is 3. The summed E-state index contributed by atoms with van der Waals surface area (Å²) in [6, 6.07) is 5.69. The molecule has 2 bridgehead atoms. The summed E-state index contributed by atoms with van der Waals surface area (Å²) in [5, 5.41) is 11.0. The molecule has 39 heavy (non-hydrogen) atoms. The van der Waals surface area contributed by atoms with Gasteiger partial charge in [-0.3, -0.25) is 14.4 Å². The highest BCUT2D eigenvalue weighted by Gasteiger charge is 2.77. The Hall–Kier alpha value is -2.29. The van der Waals surface area contributed by atoms with E-state index in [0.29, 0.717) is 23.7 Å². The fraction of sp³-hybridized carbons (Fsp3) is 0.567. The molecule has 7 atom stereocenters. The molecule has 1 aromatic carbocycles. The van der Waals surface area contributed by atoms with Gasteiger partial charge in [-0.2, -0.15) is 0 Å². The van der Waals surface area contributed by atoms with E-state index in [0.717, 1.165) is 6.42 Å². The van der Waals surface area contributed by atoms with E-state index in [2.05, 4.69) is 20.1 Å². The van der Waals surface area contributed by atoms with Crippen LogP contribution in [0.5, 0.6) is 0 Å². The number of aliphatic hydroxyl groups is 1. The molecule has 3 unspecified atom stereocenters. The monoisotopic (exact) mass is 573 g/mol. The number of nitrogens with zero attached hydrogens (tertiary/aromatic N) is 3. The van der Waals surface area contributed by atoms with E-state index in [1.165, 1.54) is 0 Å². The van der Waals surface area contributed by atoms with E-state index < -0.39 is 28.7 Å². The standard InChI is InChI=1S/C30H40ClN3O4S/c1-7-13-32(6)27(36)24-23-16-19(5)30(39-23)25(24)28(37)34(22(17-35)15-18(3)4)26(30)29(38)33(14-8-2)21-11-9-20(31)10-12-21/h7-12,18-19,22-26,35H,1-2,13-17H2,3-6H3/t19?,22-,23+,24-,25+,26?,30?/m1/s1. The largest absolute Gasteiger partial charge is 0.394 e. The third kappa shape index (κ3) is 4.93. The second-order valence-corrected chi connectivity index (χ2v) is 13.5. The minimum absolute atomic E-state index is 0.0309. The van der Waals surface area contributed by atoms with E-state index in [1.807, 2.05) is 13.8 Å². The van der Waals surface area contributed by atoms with Crippen molar-refractivity contribution in [2.75, 3.05) is 31.6 Å². The average molecular weight is 574 g/mol. The predicted molar refractivity (Wildman–Crippen MR) is 158 cm³/mol. The quantitative estimate of drug-likeness (QED) is 0.400. The van der Waals surface area contributed by atoms with Gasteiger partial charge >= 0.3 is 0 Å². The summed E-state index contributed by atoms with van der Waals surface area (Å²) in [7, 11) is 1.73. The van der Waals surface area contributed by atoms with Gasteiger partial charge in [-0.1, -0.05) is 44.5 Å². The Kier molecular flexibility index (Phi) is 8.89. The van der Waals surface area contributed by atoms with Gasteiger partial charge in [0.15, 0.2) is 0 Å². The van der Waals surface area contributed by atoms with Crippen LogP contribution in [-0.2, 0) is 14.4 Å². The second kappa shape index (κ2) is 11.7. The smallest absolute Gasteiger partial charge is 0.251 e. The van der Waals surface area contributed by atoms with Crippen molar-refractivity contribution in [2.24, 2.45) is 23.7 Å². The minimum atomic E-state index is -0.825. The van der Waals surface area contributed by atoms with Crippen LogP contribution in [0, 0.1) is 23.7 Å². The summed E-state index contributed by atoms with van der Waals surface area (Å²) in [5.41, 5.74) is 0.657. The van der Waals surface area contributed by atoms with Crippen LogP contribution in [0.1, 0.15) is 33.6 Å². The average Bonchev–Trinajstić information content (AvgIpc) is 3.49. The highest BCUT2D eigenvalue weighted by Crippen LogP contribution is 2.69. The molecular formula is C30H40ClN3O4S. The summed E-state index contributed by atoms with van der Waals surface area (Å²) in [6.07, 6.45) is 4.64. The highest BCUT2D eigenvalue weighted by atomic mass is 35.5. The number of halogens is 1. The van der Waals surface area contributed by atoms with Gasteiger partial charge in [0.25, 0.3) is 5.91 Å². The zero-order chi connectivity index (χ0) is 28.6. The Morgan fingerprint density at radius 1 is 1.21 bits per heavy atom. The summed E-state index contributed by atoms with van der Waals surface area (Å²) in [6.45, 7) is 14.2. The summed E-state index contributed by atoms with van der Waals surface area (Å²) in [5.74, 6) is -1.44. The number of likely N-dealkylation sites (tertiary alicyclic amines) is 1. The van der Waals surface area contributed by atoms with Crippen LogP contribution in [0.3, 0.4) is 0 Å². The Balaban J connectivity index is 1.86. The number of hydrogen-bond acceptors (Lipinski definition) is 5. The molecule has 3 fully saturated rings. The van der Waals surface area contributed by atoms with E-state index >= 15 is 0 Å². The Bertz CT molecular complexity index is 1130. The number of rotatable bonds is 11. The molecular weight excluding hydrogens is 534 g/mol. The third-order valence-corrected chi connectivity index (χ3v) is 10.9. The first-order chi connectivity index (χ1) is 18.5. The predicted octanol–water partition coefficient (Wildman–Crippen LogP) is 4.25. The lowest BCUT2D eigenvalue weighted by atomic mass is 9.65. The molecule has 0 radical (unpaired) electrons. The zero-order valence-electron chi connectivity index (χ0n) is 23.3. The molecule has 3 aliphatic heterocycles. The molecule has 1 N–H and O–H groups in total. The van der Waals surface area contributed by atoms with Crippen molar-refractivity contribution in [2.45, 2.75) is 55.7 Å². The van der Waals surface area contributed by atoms with E-state index in [9.17, 15) is 19.5 Å². The van der Waals surface area contributed by atoms with Crippen LogP contribution in [0.2, 0.25) is 5.02 Å². The van der Waals surface area contributed by atoms with E-state index in [4.69, 9.17) is 11.6 Å². The van der Waals surface area contributed by atoms with Gasteiger partial charge in [0.05, 0.1) is 29.2 Å². The lowest BCUT2D eigenvalue weighted by molar-refractivity contribution is -0.145. The van der Waals surface area contributed by atoms with Gasteiger partial charge in [0.2, 0.25) is 11.8 Å². The molecule has 7 nitrogen and oxygen atoms in total. The zero-order valence-corrected chi connectivity index (χ0v) is 24.8. The lowest BCUT2D eigenvalue weighted by Crippen LogP contribution is -2.59. The maximum atomic E-state index is 14.7. The first kappa shape index (κ1) is 29.7. The summed E-state index contributed by atoms with van der Waals surface area (Å²) < 4.78 is -0.773. The topological polar surface area (TPSA) is 81.2 Å². The molecule has 3 amide bonds. The van der Waals surface area contributed by atoms with E-state index in [-0.39, 0.29) is 48.0 Å². The van der Waals surface area contributed by atoms with Crippen LogP contribution in [-0.4, -0.2) is 81.5 Å². The van der Waals surface area contributed by atoms with Crippen molar-refractivity contribution in [3.63, 3.8) is 0 Å². The summed E-state index contributed by atoms with van der Waals surface area (Å²) >= 11 is 7.78. The molecule has 4 rings (SSSR count).